The van der Waals surface area contributed by atoms with Crippen LogP contribution in [0.15, 0.2) is 60.8 Å². The smallest absolute Gasteiger partial charge is 0.224 e. The van der Waals surface area contributed by atoms with E-state index in [0.29, 0.717) is 5.88 Å². The number of hydrogen-bond donors (Lipinski definition) is 1. The lowest BCUT2D eigenvalue weighted by Crippen LogP contribution is -2.07. The van der Waals surface area contributed by atoms with Crippen molar-refractivity contribution in [3.8, 4) is 11.6 Å². The summed E-state index contributed by atoms with van der Waals surface area (Å²) >= 11 is 0. The topological polar surface area (TPSA) is 48.1 Å². The first-order chi connectivity index (χ1) is 9.75. The molecule has 3 nitrogen and oxygen atoms in total. The van der Waals surface area contributed by atoms with E-state index in [2.05, 4.69) is 17.1 Å². The fourth-order valence-electron chi connectivity index (χ4n) is 2.22. The summed E-state index contributed by atoms with van der Waals surface area (Å²) in [5.41, 5.74) is 6.86. The van der Waals surface area contributed by atoms with Crippen molar-refractivity contribution < 1.29 is 4.74 Å². The molecule has 1 heterocycles. The third-order valence-corrected chi connectivity index (χ3v) is 3.25. The summed E-state index contributed by atoms with van der Waals surface area (Å²) in [7, 11) is 0. The van der Waals surface area contributed by atoms with Gasteiger partial charge in [0.25, 0.3) is 0 Å². The molecule has 2 N–H and O–H groups in total. The number of fused-ring (bicyclic) bond motifs is 1. The molecule has 0 aliphatic heterocycles. The number of benzene rings is 2. The summed E-state index contributed by atoms with van der Waals surface area (Å²) in [6, 6.07) is 17.8. The van der Waals surface area contributed by atoms with Crippen molar-refractivity contribution in [2.24, 2.45) is 5.73 Å². The molecule has 3 rings (SSSR count). The Morgan fingerprint density at radius 3 is 2.65 bits per heavy atom. The van der Waals surface area contributed by atoms with Gasteiger partial charge in [-0.1, -0.05) is 42.5 Å². The van der Waals surface area contributed by atoms with Gasteiger partial charge in [0.15, 0.2) is 0 Å². The number of nitrogens with two attached hydrogens (primary N) is 1. The number of nitrogens with zero attached hydrogens (tertiary/aromatic N) is 1. The number of pyridine rings is 1. The van der Waals surface area contributed by atoms with E-state index in [0.717, 1.165) is 22.1 Å². The second kappa shape index (κ2) is 5.31. The highest BCUT2D eigenvalue weighted by Gasteiger charge is 2.11. The van der Waals surface area contributed by atoms with Crippen LogP contribution >= 0.6 is 0 Å². The molecule has 0 aliphatic rings. The molecular formula is C17H16N2O. The number of aromatic nitrogens is 1. The third-order valence-electron chi connectivity index (χ3n) is 3.25. The molecule has 0 spiro atoms. The van der Waals surface area contributed by atoms with Crippen molar-refractivity contribution >= 4 is 10.8 Å². The molecule has 0 fully saturated rings. The Balaban J connectivity index is 2.06. The SMILES string of the molecule is C[C@@H](N)c1cccnc1Oc1cccc2ccccc12. The van der Waals surface area contributed by atoms with Crippen molar-refractivity contribution in [3.63, 3.8) is 0 Å². The first-order valence-electron chi connectivity index (χ1n) is 6.62. The maximum atomic E-state index is 5.99. The lowest BCUT2D eigenvalue weighted by atomic mass is 10.1. The lowest BCUT2D eigenvalue weighted by molar-refractivity contribution is 0.457. The molecule has 0 saturated carbocycles. The van der Waals surface area contributed by atoms with Gasteiger partial charge >= 0.3 is 0 Å². The summed E-state index contributed by atoms with van der Waals surface area (Å²) in [5.74, 6) is 1.36. The minimum atomic E-state index is -0.117. The van der Waals surface area contributed by atoms with Gasteiger partial charge in [0.1, 0.15) is 5.75 Å². The Morgan fingerprint density at radius 1 is 1.00 bits per heavy atom. The molecule has 0 amide bonds. The Bertz CT molecular complexity index is 732. The minimum Gasteiger partial charge on any atom is -0.438 e. The van der Waals surface area contributed by atoms with Crippen molar-refractivity contribution in [2.45, 2.75) is 13.0 Å². The van der Waals surface area contributed by atoms with Crippen LogP contribution in [0, 0.1) is 0 Å². The standard InChI is InChI=1S/C17H16N2O/c1-12(18)14-9-5-11-19-17(14)20-16-10-4-7-13-6-2-3-8-15(13)16/h2-12H,18H2,1H3/t12-/m1/s1. The van der Waals surface area contributed by atoms with Crippen molar-refractivity contribution in [2.75, 3.05) is 0 Å². The van der Waals surface area contributed by atoms with Crippen LogP contribution in [-0.2, 0) is 0 Å². The Morgan fingerprint density at radius 2 is 1.80 bits per heavy atom. The van der Waals surface area contributed by atoms with E-state index in [1.807, 2.05) is 49.4 Å². The Hall–Kier alpha value is -2.39. The van der Waals surface area contributed by atoms with Gasteiger partial charge in [-0.3, -0.25) is 0 Å². The summed E-state index contributed by atoms with van der Waals surface area (Å²) in [5, 5.41) is 2.21. The highest BCUT2D eigenvalue weighted by Crippen LogP contribution is 2.31. The van der Waals surface area contributed by atoms with E-state index >= 15 is 0 Å². The molecule has 3 heteroatoms. The van der Waals surface area contributed by atoms with E-state index in [1.54, 1.807) is 6.20 Å². The van der Waals surface area contributed by atoms with Gasteiger partial charge in [-0.25, -0.2) is 4.98 Å². The summed E-state index contributed by atoms with van der Waals surface area (Å²) in [6.45, 7) is 1.92. The molecule has 20 heavy (non-hydrogen) atoms. The van der Waals surface area contributed by atoms with E-state index in [4.69, 9.17) is 10.5 Å². The van der Waals surface area contributed by atoms with Gasteiger partial charge < -0.3 is 10.5 Å². The van der Waals surface area contributed by atoms with Crippen LogP contribution in [0.5, 0.6) is 11.6 Å². The van der Waals surface area contributed by atoms with Crippen LogP contribution < -0.4 is 10.5 Å². The molecular weight excluding hydrogens is 248 g/mol. The zero-order valence-corrected chi connectivity index (χ0v) is 11.3. The molecule has 0 bridgehead atoms. The first-order valence-corrected chi connectivity index (χ1v) is 6.62. The lowest BCUT2D eigenvalue weighted by Gasteiger charge is -2.13. The summed E-state index contributed by atoms with van der Waals surface area (Å²) in [6.07, 6.45) is 1.71. The van der Waals surface area contributed by atoms with E-state index < -0.39 is 0 Å². The van der Waals surface area contributed by atoms with Gasteiger partial charge in [0.05, 0.1) is 0 Å². The Labute approximate surface area is 118 Å². The maximum absolute atomic E-state index is 5.99. The van der Waals surface area contributed by atoms with Gasteiger partial charge in [-0.05, 0) is 24.4 Å². The average Bonchev–Trinajstić information content (AvgIpc) is 2.48. The summed E-state index contributed by atoms with van der Waals surface area (Å²) in [4.78, 5) is 4.30. The summed E-state index contributed by atoms with van der Waals surface area (Å²) < 4.78 is 5.99. The second-order valence-corrected chi connectivity index (χ2v) is 4.77. The second-order valence-electron chi connectivity index (χ2n) is 4.77. The number of ether oxygens (including phenoxy) is 1. The number of hydrogen-bond acceptors (Lipinski definition) is 3. The highest BCUT2D eigenvalue weighted by atomic mass is 16.5. The van der Waals surface area contributed by atoms with E-state index in [9.17, 15) is 0 Å². The van der Waals surface area contributed by atoms with Gasteiger partial charge in [-0.2, -0.15) is 0 Å². The predicted octanol–water partition coefficient (Wildman–Crippen LogP) is 4.05. The van der Waals surface area contributed by atoms with Gasteiger partial charge in [-0.15, -0.1) is 0 Å². The quantitative estimate of drug-likeness (QED) is 0.776. The fraction of sp³-hybridized carbons (Fsp3) is 0.118. The molecule has 0 aliphatic carbocycles. The van der Waals surface area contributed by atoms with E-state index in [1.165, 1.54) is 0 Å². The van der Waals surface area contributed by atoms with Crippen LogP contribution in [-0.4, -0.2) is 4.98 Å². The molecule has 1 aromatic heterocycles. The average molecular weight is 264 g/mol. The van der Waals surface area contributed by atoms with Gasteiger partial charge in [0.2, 0.25) is 5.88 Å². The molecule has 100 valence electrons. The monoisotopic (exact) mass is 264 g/mol. The first kappa shape index (κ1) is 12.6. The van der Waals surface area contributed by atoms with Crippen LogP contribution in [0.3, 0.4) is 0 Å². The largest absolute Gasteiger partial charge is 0.438 e. The molecule has 3 aromatic rings. The Kier molecular flexibility index (Phi) is 3.35. The van der Waals surface area contributed by atoms with Crippen LogP contribution in [0.25, 0.3) is 10.8 Å². The molecule has 1 atom stereocenters. The third kappa shape index (κ3) is 2.36. The normalized spacial score (nSPS) is 12.3. The number of rotatable bonds is 3. The van der Waals surface area contributed by atoms with Crippen LogP contribution in [0.4, 0.5) is 0 Å². The molecule has 2 aromatic carbocycles. The highest BCUT2D eigenvalue weighted by molar-refractivity contribution is 5.88. The van der Waals surface area contributed by atoms with E-state index in [-0.39, 0.29) is 6.04 Å². The van der Waals surface area contributed by atoms with Crippen molar-refractivity contribution in [1.29, 1.82) is 0 Å². The van der Waals surface area contributed by atoms with Crippen molar-refractivity contribution in [3.05, 3.63) is 66.4 Å². The minimum absolute atomic E-state index is 0.117. The van der Waals surface area contributed by atoms with Crippen molar-refractivity contribution in [1.82, 2.24) is 4.98 Å². The molecule has 0 radical (unpaired) electrons. The zero-order valence-electron chi connectivity index (χ0n) is 11.3. The fourth-order valence-corrected chi connectivity index (χ4v) is 2.22. The van der Waals surface area contributed by atoms with Gasteiger partial charge in [0, 0.05) is 23.2 Å². The predicted molar refractivity (Wildman–Crippen MR) is 80.9 cm³/mol. The molecule has 0 saturated heterocycles. The zero-order chi connectivity index (χ0) is 13.9. The van der Waals surface area contributed by atoms with Crippen LogP contribution in [0.2, 0.25) is 0 Å². The van der Waals surface area contributed by atoms with Crippen LogP contribution in [0.1, 0.15) is 18.5 Å². The maximum Gasteiger partial charge on any atom is 0.224 e. The molecule has 0 unspecified atom stereocenters.